The summed E-state index contributed by atoms with van der Waals surface area (Å²) >= 11 is 0. The van der Waals surface area contributed by atoms with Crippen LogP contribution >= 0.6 is 0 Å². The first-order valence-corrected chi connectivity index (χ1v) is 3.41. The Morgan fingerprint density at radius 3 is 3.10 bits per heavy atom. The summed E-state index contributed by atoms with van der Waals surface area (Å²) in [6.07, 6.45) is 0.620. The fraction of sp³-hybridized carbons (Fsp3) is 0.833. The Morgan fingerprint density at radius 1 is 1.60 bits per heavy atom. The fourth-order valence-electron chi connectivity index (χ4n) is 0.956. The second-order valence-electron chi connectivity index (χ2n) is 2.30. The second-order valence-corrected chi connectivity index (χ2v) is 2.30. The van der Waals surface area contributed by atoms with Crippen molar-refractivity contribution in [1.29, 1.82) is 0 Å². The van der Waals surface area contributed by atoms with Crippen molar-refractivity contribution >= 4 is 5.97 Å². The SMILES string of the molecule is O=C(O)C1CCNCC[N]1. The molecule has 0 aromatic rings. The highest BCUT2D eigenvalue weighted by Gasteiger charge is 2.18. The maximum Gasteiger partial charge on any atom is 0.322 e. The van der Waals surface area contributed by atoms with E-state index in [-0.39, 0.29) is 0 Å². The van der Waals surface area contributed by atoms with Gasteiger partial charge in [-0.3, -0.25) is 4.79 Å². The zero-order valence-corrected chi connectivity index (χ0v) is 5.71. The van der Waals surface area contributed by atoms with Gasteiger partial charge in [-0.1, -0.05) is 0 Å². The van der Waals surface area contributed by atoms with Gasteiger partial charge in [-0.25, -0.2) is 5.32 Å². The number of nitrogens with zero attached hydrogens (tertiary/aromatic N) is 1. The number of carboxylic acids is 1. The lowest BCUT2D eigenvalue weighted by atomic mass is 10.2. The summed E-state index contributed by atoms with van der Waals surface area (Å²) in [5.41, 5.74) is 0. The molecule has 1 saturated heterocycles. The molecule has 4 nitrogen and oxygen atoms in total. The van der Waals surface area contributed by atoms with Crippen LogP contribution < -0.4 is 10.6 Å². The van der Waals surface area contributed by atoms with Crippen molar-refractivity contribution in [2.45, 2.75) is 12.5 Å². The van der Waals surface area contributed by atoms with Gasteiger partial charge in [0.2, 0.25) is 0 Å². The van der Waals surface area contributed by atoms with E-state index < -0.39 is 12.0 Å². The third kappa shape index (κ3) is 1.97. The normalized spacial score (nSPS) is 27.4. The predicted molar refractivity (Wildman–Crippen MR) is 35.9 cm³/mol. The molecule has 4 heteroatoms. The van der Waals surface area contributed by atoms with E-state index in [1.807, 2.05) is 0 Å². The summed E-state index contributed by atoms with van der Waals surface area (Å²) < 4.78 is 0. The van der Waals surface area contributed by atoms with Gasteiger partial charge in [0.25, 0.3) is 0 Å². The summed E-state index contributed by atoms with van der Waals surface area (Å²) in [5, 5.41) is 15.6. The van der Waals surface area contributed by atoms with E-state index in [0.717, 1.165) is 13.1 Å². The van der Waals surface area contributed by atoms with Gasteiger partial charge in [0.15, 0.2) is 0 Å². The van der Waals surface area contributed by atoms with Crippen LogP contribution in [0.3, 0.4) is 0 Å². The van der Waals surface area contributed by atoms with Crippen LogP contribution in [0, 0.1) is 0 Å². The monoisotopic (exact) mass is 143 g/mol. The molecule has 1 unspecified atom stereocenters. The summed E-state index contributed by atoms with van der Waals surface area (Å²) in [6.45, 7) is 2.20. The summed E-state index contributed by atoms with van der Waals surface area (Å²) in [6, 6.07) is -0.477. The molecule has 0 aromatic heterocycles. The molecule has 0 aliphatic carbocycles. The van der Waals surface area contributed by atoms with Crippen LogP contribution in [-0.2, 0) is 4.79 Å². The topological polar surface area (TPSA) is 63.4 Å². The number of nitrogens with one attached hydrogen (secondary N) is 1. The Hall–Kier alpha value is -0.610. The lowest BCUT2D eigenvalue weighted by Crippen LogP contribution is -2.31. The van der Waals surface area contributed by atoms with Crippen molar-refractivity contribution in [3.8, 4) is 0 Å². The van der Waals surface area contributed by atoms with Gasteiger partial charge < -0.3 is 10.4 Å². The van der Waals surface area contributed by atoms with E-state index in [1.54, 1.807) is 0 Å². The number of carboxylic acid groups (broad SMARTS) is 1. The molecule has 1 aliphatic rings. The first kappa shape index (κ1) is 7.50. The van der Waals surface area contributed by atoms with Crippen molar-refractivity contribution < 1.29 is 9.90 Å². The highest BCUT2D eigenvalue weighted by atomic mass is 16.4. The third-order valence-electron chi connectivity index (χ3n) is 1.52. The van der Waals surface area contributed by atoms with Crippen LogP contribution in [0.25, 0.3) is 0 Å². The molecular formula is C6H11N2O2. The van der Waals surface area contributed by atoms with Crippen LogP contribution in [0.5, 0.6) is 0 Å². The zero-order chi connectivity index (χ0) is 7.40. The van der Waals surface area contributed by atoms with E-state index in [4.69, 9.17) is 5.11 Å². The Bertz CT molecular complexity index is 119. The van der Waals surface area contributed by atoms with Gasteiger partial charge >= 0.3 is 5.97 Å². The molecule has 1 heterocycles. The molecule has 10 heavy (non-hydrogen) atoms. The minimum absolute atomic E-state index is 0.477. The Balaban J connectivity index is 2.35. The molecule has 2 N–H and O–H groups in total. The molecule has 0 spiro atoms. The summed E-state index contributed by atoms with van der Waals surface area (Å²) in [5.74, 6) is -0.802. The quantitative estimate of drug-likeness (QED) is 0.497. The first-order valence-electron chi connectivity index (χ1n) is 3.41. The lowest BCUT2D eigenvalue weighted by Gasteiger charge is -2.05. The number of aliphatic carboxylic acids is 1. The van der Waals surface area contributed by atoms with Gasteiger partial charge in [-0.05, 0) is 13.0 Å². The van der Waals surface area contributed by atoms with E-state index >= 15 is 0 Å². The van der Waals surface area contributed by atoms with Crippen LogP contribution in [0.15, 0.2) is 0 Å². The number of rotatable bonds is 1. The van der Waals surface area contributed by atoms with Gasteiger partial charge in [-0.15, -0.1) is 0 Å². The van der Waals surface area contributed by atoms with Gasteiger partial charge in [0.05, 0.1) is 0 Å². The fourth-order valence-corrected chi connectivity index (χ4v) is 0.956. The first-order chi connectivity index (χ1) is 4.80. The molecule has 57 valence electrons. The maximum absolute atomic E-state index is 10.4. The van der Waals surface area contributed by atoms with E-state index in [2.05, 4.69) is 10.6 Å². The van der Waals surface area contributed by atoms with Gasteiger partial charge in [0.1, 0.15) is 6.04 Å². The van der Waals surface area contributed by atoms with E-state index in [1.165, 1.54) is 0 Å². The third-order valence-corrected chi connectivity index (χ3v) is 1.52. The summed E-state index contributed by atoms with van der Waals surface area (Å²) in [4.78, 5) is 10.4. The Morgan fingerprint density at radius 2 is 2.40 bits per heavy atom. The standard InChI is InChI=1S/C6H11N2O2/c9-6(10)5-1-2-7-3-4-8-5/h5,7H,1-4H2,(H,9,10). The molecule has 1 rings (SSSR count). The van der Waals surface area contributed by atoms with Crippen molar-refractivity contribution in [2.24, 2.45) is 0 Å². The molecule has 0 aromatic carbocycles. The van der Waals surface area contributed by atoms with E-state index in [0.29, 0.717) is 13.0 Å². The molecule has 0 amide bonds. The van der Waals surface area contributed by atoms with Crippen LogP contribution in [0.4, 0.5) is 0 Å². The van der Waals surface area contributed by atoms with Crippen LogP contribution in [0.1, 0.15) is 6.42 Å². The van der Waals surface area contributed by atoms with E-state index in [9.17, 15) is 4.79 Å². The highest BCUT2D eigenvalue weighted by Crippen LogP contribution is 1.94. The largest absolute Gasteiger partial charge is 0.480 e. The molecule has 0 saturated carbocycles. The van der Waals surface area contributed by atoms with Gasteiger partial charge in [-0.2, -0.15) is 0 Å². The van der Waals surface area contributed by atoms with Crippen molar-refractivity contribution in [1.82, 2.24) is 10.6 Å². The second kappa shape index (κ2) is 3.53. The Labute approximate surface area is 59.6 Å². The average Bonchev–Trinajstić information content (AvgIpc) is 2.12. The molecule has 0 bridgehead atoms. The maximum atomic E-state index is 10.4. The van der Waals surface area contributed by atoms with Crippen LogP contribution in [0.2, 0.25) is 0 Å². The lowest BCUT2D eigenvalue weighted by molar-refractivity contribution is -0.139. The number of carbonyl (C=O) groups is 1. The van der Waals surface area contributed by atoms with Crippen molar-refractivity contribution in [3.05, 3.63) is 0 Å². The zero-order valence-electron chi connectivity index (χ0n) is 5.71. The molecule has 1 aliphatic heterocycles. The smallest absolute Gasteiger partial charge is 0.322 e. The summed E-state index contributed by atoms with van der Waals surface area (Å²) in [7, 11) is 0. The highest BCUT2D eigenvalue weighted by molar-refractivity contribution is 5.73. The number of hydrogen-bond donors (Lipinski definition) is 2. The minimum atomic E-state index is -0.802. The Kier molecular flexibility index (Phi) is 2.65. The minimum Gasteiger partial charge on any atom is -0.480 e. The molecule has 1 fully saturated rings. The molecule has 1 atom stereocenters. The number of hydrogen-bond acceptors (Lipinski definition) is 2. The van der Waals surface area contributed by atoms with Gasteiger partial charge in [0, 0.05) is 13.1 Å². The molecule has 1 radical (unpaired) electrons. The van der Waals surface area contributed by atoms with Crippen LogP contribution in [-0.4, -0.2) is 36.8 Å². The molecular weight excluding hydrogens is 132 g/mol. The predicted octanol–water partition coefficient (Wildman–Crippen LogP) is -0.963. The average molecular weight is 143 g/mol. The van der Waals surface area contributed by atoms with Crippen molar-refractivity contribution in [3.63, 3.8) is 0 Å². The van der Waals surface area contributed by atoms with Crippen molar-refractivity contribution in [2.75, 3.05) is 19.6 Å².